The van der Waals surface area contributed by atoms with E-state index in [1.54, 1.807) is 16.9 Å². The fourth-order valence-electron chi connectivity index (χ4n) is 3.65. The van der Waals surface area contributed by atoms with E-state index < -0.39 is 0 Å². The smallest absolute Gasteiger partial charge is 0.289 e. The number of rotatable bonds is 4. The fourth-order valence-corrected chi connectivity index (χ4v) is 3.65. The molecule has 1 aliphatic rings. The number of benzene rings is 1. The molecule has 0 unspecified atom stereocenters. The van der Waals surface area contributed by atoms with Crippen molar-refractivity contribution in [2.75, 3.05) is 13.1 Å². The maximum atomic E-state index is 12.9. The first-order valence-corrected chi connectivity index (χ1v) is 9.11. The van der Waals surface area contributed by atoms with Gasteiger partial charge in [-0.15, -0.1) is 0 Å². The average Bonchev–Trinajstić information content (AvgIpc) is 3.34. The molecule has 0 N–H and O–H groups in total. The molecule has 2 aromatic heterocycles. The molecular weight excluding hydrogens is 326 g/mol. The van der Waals surface area contributed by atoms with Gasteiger partial charge >= 0.3 is 0 Å². The molecule has 26 heavy (non-hydrogen) atoms. The number of hydrogen-bond acceptors (Lipinski definition) is 3. The van der Waals surface area contributed by atoms with Crippen LogP contribution < -0.4 is 0 Å². The summed E-state index contributed by atoms with van der Waals surface area (Å²) in [4.78, 5) is 14.8. The standard InChI is InChI=1S/C21H23N3O2/c1-16-5-2-6-17(13-16)18-7-3-11-23(14-18)21(25)20-9-8-19(26-20)15-24-12-4-10-22-24/h2,4-6,8-10,12-13,18H,3,7,11,14-15H2,1H3/t18-/m1/s1. The maximum Gasteiger partial charge on any atom is 0.289 e. The molecule has 5 nitrogen and oxygen atoms in total. The lowest BCUT2D eigenvalue weighted by Crippen LogP contribution is -2.39. The molecular formula is C21H23N3O2. The summed E-state index contributed by atoms with van der Waals surface area (Å²) >= 11 is 0. The zero-order chi connectivity index (χ0) is 17.9. The molecule has 1 amide bonds. The Morgan fingerprint density at radius 3 is 3.00 bits per heavy atom. The van der Waals surface area contributed by atoms with E-state index in [0.29, 0.717) is 18.2 Å². The van der Waals surface area contributed by atoms with Crippen LogP contribution in [0, 0.1) is 6.92 Å². The third-order valence-corrected chi connectivity index (χ3v) is 4.97. The Labute approximate surface area is 153 Å². The number of hydrogen-bond donors (Lipinski definition) is 0. The number of aryl methyl sites for hydroxylation is 1. The predicted molar refractivity (Wildman–Crippen MR) is 99.1 cm³/mol. The molecule has 0 aliphatic carbocycles. The van der Waals surface area contributed by atoms with Gasteiger partial charge in [-0.3, -0.25) is 9.48 Å². The summed E-state index contributed by atoms with van der Waals surface area (Å²) in [7, 11) is 0. The van der Waals surface area contributed by atoms with Crippen LogP contribution in [0.4, 0.5) is 0 Å². The van der Waals surface area contributed by atoms with Crippen LogP contribution in [-0.2, 0) is 6.54 Å². The van der Waals surface area contributed by atoms with Gasteiger partial charge in [-0.2, -0.15) is 5.10 Å². The SMILES string of the molecule is Cc1cccc([C@@H]2CCCN(C(=O)c3ccc(Cn4cccn4)o3)C2)c1. The molecule has 1 fully saturated rings. The van der Waals surface area contributed by atoms with Crippen molar-refractivity contribution in [3.8, 4) is 0 Å². The number of carbonyl (C=O) groups excluding carboxylic acids is 1. The van der Waals surface area contributed by atoms with Crippen LogP contribution >= 0.6 is 0 Å². The van der Waals surface area contributed by atoms with Crippen LogP contribution in [0.15, 0.2) is 59.3 Å². The summed E-state index contributed by atoms with van der Waals surface area (Å²) in [6.45, 7) is 4.18. The van der Waals surface area contributed by atoms with Crippen molar-refractivity contribution in [1.82, 2.24) is 14.7 Å². The van der Waals surface area contributed by atoms with E-state index in [1.165, 1.54) is 11.1 Å². The Bertz CT molecular complexity index is 882. The van der Waals surface area contributed by atoms with E-state index in [0.717, 1.165) is 31.7 Å². The topological polar surface area (TPSA) is 51.3 Å². The number of furan rings is 1. The number of amides is 1. The van der Waals surface area contributed by atoms with Crippen LogP contribution in [0.25, 0.3) is 0 Å². The second kappa shape index (κ2) is 7.20. The normalized spacial score (nSPS) is 17.4. The Morgan fingerprint density at radius 1 is 1.27 bits per heavy atom. The Kier molecular flexibility index (Phi) is 4.61. The molecule has 0 bridgehead atoms. The molecule has 3 heterocycles. The van der Waals surface area contributed by atoms with Gasteiger partial charge in [0.15, 0.2) is 5.76 Å². The second-order valence-electron chi connectivity index (χ2n) is 6.97. The average molecular weight is 349 g/mol. The van der Waals surface area contributed by atoms with Crippen LogP contribution in [0.2, 0.25) is 0 Å². The van der Waals surface area contributed by atoms with E-state index in [-0.39, 0.29) is 5.91 Å². The Morgan fingerprint density at radius 2 is 2.19 bits per heavy atom. The van der Waals surface area contributed by atoms with Crippen molar-refractivity contribution in [2.24, 2.45) is 0 Å². The van der Waals surface area contributed by atoms with Crippen molar-refractivity contribution >= 4 is 5.91 Å². The summed E-state index contributed by atoms with van der Waals surface area (Å²) in [6, 6.07) is 14.1. The zero-order valence-electron chi connectivity index (χ0n) is 15.0. The van der Waals surface area contributed by atoms with E-state index in [9.17, 15) is 4.79 Å². The van der Waals surface area contributed by atoms with Crippen molar-refractivity contribution < 1.29 is 9.21 Å². The second-order valence-corrected chi connectivity index (χ2v) is 6.97. The van der Waals surface area contributed by atoms with Gasteiger partial charge in [-0.25, -0.2) is 0 Å². The monoisotopic (exact) mass is 349 g/mol. The van der Waals surface area contributed by atoms with Crippen molar-refractivity contribution in [1.29, 1.82) is 0 Å². The Balaban J connectivity index is 1.45. The minimum Gasteiger partial charge on any atom is -0.454 e. The highest BCUT2D eigenvalue weighted by molar-refractivity contribution is 5.91. The predicted octanol–water partition coefficient (Wildman–Crippen LogP) is 3.85. The van der Waals surface area contributed by atoms with Gasteiger partial charge in [0.1, 0.15) is 5.76 Å². The first-order chi connectivity index (χ1) is 12.7. The quantitative estimate of drug-likeness (QED) is 0.719. The van der Waals surface area contributed by atoms with Crippen molar-refractivity contribution in [3.63, 3.8) is 0 Å². The number of aromatic nitrogens is 2. The van der Waals surface area contributed by atoms with Gasteiger partial charge in [-0.1, -0.05) is 29.8 Å². The summed E-state index contributed by atoms with van der Waals surface area (Å²) in [5.41, 5.74) is 2.58. The van der Waals surface area contributed by atoms with Crippen LogP contribution in [0.5, 0.6) is 0 Å². The number of carbonyl (C=O) groups is 1. The minimum atomic E-state index is -0.0194. The van der Waals surface area contributed by atoms with Crippen molar-refractivity contribution in [2.45, 2.75) is 32.2 Å². The molecule has 1 atom stereocenters. The molecule has 0 radical (unpaired) electrons. The third-order valence-electron chi connectivity index (χ3n) is 4.97. The van der Waals surface area contributed by atoms with Gasteiger partial charge in [0.2, 0.25) is 0 Å². The highest BCUT2D eigenvalue weighted by Crippen LogP contribution is 2.28. The van der Waals surface area contributed by atoms with Crippen molar-refractivity contribution in [3.05, 3.63) is 77.5 Å². The van der Waals surface area contributed by atoms with E-state index in [4.69, 9.17) is 4.42 Å². The van der Waals surface area contributed by atoms with Gasteiger partial charge in [0, 0.05) is 31.4 Å². The third kappa shape index (κ3) is 3.57. The van der Waals surface area contributed by atoms with Gasteiger partial charge < -0.3 is 9.32 Å². The lowest BCUT2D eigenvalue weighted by Gasteiger charge is -2.32. The molecule has 1 aliphatic heterocycles. The molecule has 0 saturated carbocycles. The summed E-state index contributed by atoms with van der Waals surface area (Å²) in [5, 5.41) is 4.17. The summed E-state index contributed by atoms with van der Waals surface area (Å²) < 4.78 is 7.56. The molecule has 1 aromatic carbocycles. The van der Waals surface area contributed by atoms with Crippen LogP contribution in [0.3, 0.4) is 0 Å². The fraction of sp³-hybridized carbons (Fsp3) is 0.333. The molecule has 5 heteroatoms. The summed E-state index contributed by atoms with van der Waals surface area (Å²) in [6.07, 6.45) is 5.75. The first-order valence-electron chi connectivity index (χ1n) is 9.11. The van der Waals surface area contributed by atoms with Gasteiger partial charge in [-0.05, 0) is 43.5 Å². The molecule has 4 rings (SSSR count). The van der Waals surface area contributed by atoms with Gasteiger partial charge in [0.05, 0.1) is 6.54 Å². The van der Waals surface area contributed by atoms with E-state index in [1.807, 2.05) is 23.2 Å². The lowest BCUT2D eigenvalue weighted by molar-refractivity contribution is 0.0672. The molecule has 1 saturated heterocycles. The molecule has 134 valence electrons. The summed E-state index contributed by atoms with van der Waals surface area (Å²) in [5.74, 6) is 1.53. The maximum absolute atomic E-state index is 12.9. The Hall–Kier alpha value is -2.82. The van der Waals surface area contributed by atoms with E-state index >= 15 is 0 Å². The van der Waals surface area contributed by atoms with E-state index in [2.05, 4.69) is 36.3 Å². The zero-order valence-corrected chi connectivity index (χ0v) is 15.0. The number of nitrogens with zero attached hydrogens (tertiary/aromatic N) is 3. The highest BCUT2D eigenvalue weighted by Gasteiger charge is 2.27. The lowest BCUT2D eigenvalue weighted by atomic mass is 9.90. The molecule has 0 spiro atoms. The van der Waals surface area contributed by atoms with Gasteiger partial charge in [0.25, 0.3) is 5.91 Å². The first kappa shape index (κ1) is 16.6. The highest BCUT2D eigenvalue weighted by atomic mass is 16.4. The molecule has 3 aromatic rings. The van der Waals surface area contributed by atoms with Crippen LogP contribution in [-0.4, -0.2) is 33.7 Å². The number of piperidine rings is 1. The minimum absolute atomic E-state index is 0.0194. The van der Waals surface area contributed by atoms with Crippen LogP contribution in [0.1, 0.15) is 46.2 Å². The largest absolute Gasteiger partial charge is 0.454 e. The number of likely N-dealkylation sites (tertiary alicyclic amines) is 1.